The molecule has 0 amide bonds. The fourth-order valence-electron chi connectivity index (χ4n) is 2.50. The highest BCUT2D eigenvalue weighted by molar-refractivity contribution is 5.95. The number of nitrogens with zero attached hydrogens (tertiary/aromatic N) is 5. The highest BCUT2D eigenvalue weighted by atomic mass is 16.4. The fraction of sp³-hybridized carbons (Fsp3) is 0.200. The first-order valence-electron chi connectivity index (χ1n) is 8.57. The van der Waals surface area contributed by atoms with Gasteiger partial charge < -0.3 is 15.1 Å². The van der Waals surface area contributed by atoms with Crippen LogP contribution in [0.2, 0.25) is 0 Å². The number of carboxylic acid groups (broad SMARTS) is 2. The van der Waals surface area contributed by atoms with Crippen LogP contribution in [-0.2, 0) is 0 Å². The summed E-state index contributed by atoms with van der Waals surface area (Å²) in [5, 5.41) is 43.7. The van der Waals surface area contributed by atoms with E-state index in [0.717, 1.165) is 11.8 Å². The lowest BCUT2D eigenvalue weighted by atomic mass is 10.1. The summed E-state index contributed by atoms with van der Waals surface area (Å²) in [7, 11) is 0. The van der Waals surface area contributed by atoms with Crippen molar-refractivity contribution in [3.63, 3.8) is 0 Å². The van der Waals surface area contributed by atoms with Crippen molar-refractivity contribution in [2.45, 2.75) is 12.8 Å². The molecule has 0 unspecified atom stereocenters. The van der Waals surface area contributed by atoms with Crippen molar-refractivity contribution in [1.29, 1.82) is 10.5 Å². The lowest BCUT2D eigenvalue weighted by Gasteiger charge is -2.22. The Morgan fingerprint density at radius 1 is 0.828 bits per heavy atom. The van der Waals surface area contributed by atoms with Crippen molar-refractivity contribution >= 4 is 29.0 Å². The van der Waals surface area contributed by atoms with E-state index in [9.17, 15) is 9.59 Å². The summed E-state index contributed by atoms with van der Waals surface area (Å²) in [5.41, 5.74) is 1.03. The van der Waals surface area contributed by atoms with E-state index in [4.69, 9.17) is 20.7 Å². The third-order valence-corrected chi connectivity index (χ3v) is 3.89. The number of aromatic carboxylic acids is 2. The molecular formula is C20H17N5O4. The third-order valence-electron chi connectivity index (χ3n) is 3.89. The van der Waals surface area contributed by atoms with E-state index in [-0.39, 0.29) is 16.8 Å². The van der Waals surface area contributed by atoms with Crippen molar-refractivity contribution in [3.05, 3.63) is 53.6 Å². The number of hydrogen-bond acceptors (Lipinski definition) is 7. The minimum Gasteiger partial charge on any atom is -0.478 e. The zero-order chi connectivity index (χ0) is 21.2. The Labute approximate surface area is 166 Å². The maximum Gasteiger partial charge on any atom is 0.335 e. The first-order valence-corrected chi connectivity index (χ1v) is 8.57. The number of rotatable bonds is 9. The van der Waals surface area contributed by atoms with Gasteiger partial charge in [0, 0.05) is 18.8 Å². The van der Waals surface area contributed by atoms with Gasteiger partial charge in [0.2, 0.25) is 0 Å². The van der Waals surface area contributed by atoms with Gasteiger partial charge in [0.25, 0.3) is 0 Å². The molecule has 2 aromatic rings. The lowest BCUT2D eigenvalue weighted by molar-refractivity contribution is 0.0696. The topological polar surface area (TPSA) is 150 Å². The van der Waals surface area contributed by atoms with Gasteiger partial charge in [-0.2, -0.15) is 20.8 Å². The zero-order valence-corrected chi connectivity index (χ0v) is 15.3. The maximum atomic E-state index is 11.1. The van der Waals surface area contributed by atoms with Gasteiger partial charge in [-0.3, -0.25) is 0 Å². The second-order valence-electron chi connectivity index (χ2n) is 5.90. The van der Waals surface area contributed by atoms with Gasteiger partial charge in [0.1, 0.15) is 0 Å². The Hall–Kier alpha value is -4.24. The minimum absolute atomic E-state index is 0.107. The smallest absolute Gasteiger partial charge is 0.335 e. The second kappa shape index (κ2) is 10.2. The second-order valence-corrected chi connectivity index (χ2v) is 5.90. The quantitative estimate of drug-likeness (QED) is 0.610. The molecule has 2 aromatic carbocycles. The largest absolute Gasteiger partial charge is 0.478 e. The van der Waals surface area contributed by atoms with Crippen molar-refractivity contribution in [1.82, 2.24) is 0 Å². The predicted molar refractivity (Wildman–Crippen MR) is 104 cm³/mol. The van der Waals surface area contributed by atoms with Crippen LogP contribution in [0, 0.1) is 22.7 Å². The van der Waals surface area contributed by atoms with Crippen LogP contribution in [0.1, 0.15) is 33.6 Å². The molecule has 2 rings (SSSR count). The molecule has 9 nitrogen and oxygen atoms in total. The molecule has 0 aliphatic rings. The summed E-state index contributed by atoms with van der Waals surface area (Å²) in [4.78, 5) is 24.2. The van der Waals surface area contributed by atoms with Crippen molar-refractivity contribution in [2.75, 3.05) is 18.0 Å². The van der Waals surface area contributed by atoms with Crippen molar-refractivity contribution < 1.29 is 19.8 Å². The number of carbonyl (C=O) groups is 2. The van der Waals surface area contributed by atoms with Crippen LogP contribution in [0.4, 0.5) is 17.1 Å². The average Bonchev–Trinajstić information content (AvgIpc) is 2.72. The van der Waals surface area contributed by atoms with Crippen LogP contribution in [0.15, 0.2) is 52.7 Å². The van der Waals surface area contributed by atoms with Crippen molar-refractivity contribution in [2.24, 2.45) is 10.2 Å². The van der Waals surface area contributed by atoms with Gasteiger partial charge in [-0.15, -0.1) is 0 Å². The molecule has 146 valence electrons. The lowest BCUT2D eigenvalue weighted by Crippen LogP contribution is -2.25. The van der Waals surface area contributed by atoms with E-state index in [1.807, 2.05) is 4.90 Å². The molecule has 0 aliphatic heterocycles. The molecule has 0 saturated heterocycles. The summed E-state index contributed by atoms with van der Waals surface area (Å²) in [6, 6.07) is 14.6. The van der Waals surface area contributed by atoms with Gasteiger partial charge in [-0.05, 0) is 42.5 Å². The minimum atomic E-state index is -1.26. The van der Waals surface area contributed by atoms with Crippen LogP contribution in [0.3, 0.4) is 0 Å². The summed E-state index contributed by atoms with van der Waals surface area (Å²) in [6.07, 6.45) is 0.664. The molecule has 0 atom stereocenters. The first kappa shape index (κ1) is 21.1. The third kappa shape index (κ3) is 6.15. The average molecular weight is 391 g/mol. The van der Waals surface area contributed by atoms with Crippen LogP contribution < -0.4 is 4.90 Å². The zero-order valence-electron chi connectivity index (χ0n) is 15.3. The van der Waals surface area contributed by atoms with Crippen LogP contribution in [-0.4, -0.2) is 35.2 Å². The van der Waals surface area contributed by atoms with Gasteiger partial charge in [-0.1, -0.05) is 0 Å². The first-order chi connectivity index (χ1) is 13.9. The van der Waals surface area contributed by atoms with Gasteiger partial charge in [-0.25, -0.2) is 9.59 Å². The standard InChI is InChI=1S/C20H17N5O4/c21-7-1-9-25(10-2-8-22)18-5-3-16(4-6-18)23-24-17-12-14(19(26)27)11-15(13-17)20(28)29/h3-6,11-13H,1-2,9-10H2,(H,26,27)(H,28,29). The Morgan fingerprint density at radius 2 is 1.31 bits per heavy atom. The summed E-state index contributed by atoms with van der Waals surface area (Å²) in [5.74, 6) is -2.52. The Kier molecular flexibility index (Phi) is 7.40. The van der Waals surface area contributed by atoms with Gasteiger partial charge in [0.15, 0.2) is 0 Å². The summed E-state index contributed by atoms with van der Waals surface area (Å²) in [6.45, 7) is 0.998. The van der Waals surface area contributed by atoms with E-state index in [1.54, 1.807) is 24.3 Å². The molecule has 0 spiro atoms. The highest BCUT2D eigenvalue weighted by Crippen LogP contribution is 2.24. The molecule has 0 aliphatic carbocycles. The molecule has 2 N–H and O–H groups in total. The maximum absolute atomic E-state index is 11.1. The van der Waals surface area contributed by atoms with Crippen molar-refractivity contribution in [3.8, 4) is 12.1 Å². The molecule has 9 heteroatoms. The molecular weight excluding hydrogens is 374 g/mol. The van der Waals surface area contributed by atoms with Crippen LogP contribution >= 0.6 is 0 Å². The predicted octanol–water partition coefficient (Wildman–Crippen LogP) is 4.13. The number of azo groups is 1. The number of nitriles is 2. The summed E-state index contributed by atoms with van der Waals surface area (Å²) >= 11 is 0. The SMILES string of the molecule is N#CCCN(CCC#N)c1ccc(N=Nc2cc(C(=O)O)cc(C(=O)O)c2)cc1. The summed E-state index contributed by atoms with van der Waals surface area (Å²) < 4.78 is 0. The molecule has 0 fully saturated rings. The molecule has 0 bridgehead atoms. The highest BCUT2D eigenvalue weighted by Gasteiger charge is 2.11. The molecule has 0 saturated carbocycles. The van der Waals surface area contributed by atoms with Crippen LogP contribution in [0.25, 0.3) is 0 Å². The number of benzene rings is 2. The normalized spacial score (nSPS) is 10.3. The molecule has 0 aromatic heterocycles. The van der Waals surface area contributed by atoms with E-state index in [0.29, 0.717) is 31.6 Å². The van der Waals surface area contributed by atoms with E-state index < -0.39 is 11.9 Å². The molecule has 0 radical (unpaired) electrons. The van der Waals surface area contributed by atoms with Gasteiger partial charge in [0.05, 0.1) is 47.5 Å². The Morgan fingerprint density at radius 3 is 1.76 bits per heavy atom. The van der Waals surface area contributed by atoms with E-state index in [2.05, 4.69) is 22.4 Å². The van der Waals surface area contributed by atoms with Gasteiger partial charge >= 0.3 is 11.9 Å². The number of hydrogen-bond donors (Lipinski definition) is 2. The molecule has 29 heavy (non-hydrogen) atoms. The fourth-order valence-corrected chi connectivity index (χ4v) is 2.50. The Balaban J connectivity index is 2.21. The van der Waals surface area contributed by atoms with E-state index in [1.165, 1.54) is 12.1 Å². The van der Waals surface area contributed by atoms with Crippen LogP contribution in [0.5, 0.6) is 0 Å². The van der Waals surface area contributed by atoms with E-state index >= 15 is 0 Å². The Bertz CT molecular complexity index is 953. The number of anilines is 1. The molecule has 0 heterocycles. The number of carboxylic acids is 2. The monoisotopic (exact) mass is 391 g/mol.